The van der Waals surface area contributed by atoms with Crippen LogP contribution in [0.3, 0.4) is 0 Å². The molecule has 0 radical (unpaired) electrons. The molecule has 4 heterocycles. The average Bonchev–Trinajstić information content (AvgIpc) is 3.19. The summed E-state index contributed by atoms with van der Waals surface area (Å²) in [7, 11) is 0. The van der Waals surface area contributed by atoms with Crippen LogP contribution in [0.4, 0.5) is 10.2 Å². The largest absolute Gasteiger partial charge is 0.380 e. The number of fused-ring (bicyclic) bond motifs is 1. The summed E-state index contributed by atoms with van der Waals surface area (Å²) >= 11 is 7.31. The van der Waals surface area contributed by atoms with E-state index < -0.39 is 5.82 Å². The van der Waals surface area contributed by atoms with E-state index in [0.717, 1.165) is 4.88 Å². The molecule has 2 aliphatic rings. The van der Waals surface area contributed by atoms with Crippen LogP contribution in [-0.4, -0.2) is 36.2 Å². The number of hydrogen-bond acceptors (Lipinski definition) is 6. The number of amides is 1. The third-order valence-corrected chi connectivity index (χ3v) is 5.65. The number of ether oxygens (including phenoxy) is 1. The normalized spacial score (nSPS) is 22.6. The first-order chi connectivity index (χ1) is 12.0. The van der Waals surface area contributed by atoms with Crippen LogP contribution in [-0.2, 0) is 11.3 Å². The predicted octanol–water partition coefficient (Wildman–Crippen LogP) is 2.37. The SMILES string of the molecule is NC1COCC[C@H]1Nc1nc(-c2ccc(Cl)s2)c2c(c1F)CNC2=O. The van der Waals surface area contributed by atoms with Crippen LogP contribution < -0.4 is 16.4 Å². The van der Waals surface area contributed by atoms with Crippen molar-refractivity contribution >= 4 is 34.7 Å². The fourth-order valence-electron chi connectivity index (χ4n) is 3.11. The molecule has 2 aliphatic heterocycles. The summed E-state index contributed by atoms with van der Waals surface area (Å²) in [4.78, 5) is 17.3. The summed E-state index contributed by atoms with van der Waals surface area (Å²) in [5.74, 6) is -0.731. The van der Waals surface area contributed by atoms with E-state index in [1.807, 2.05) is 0 Å². The van der Waals surface area contributed by atoms with E-state index in [-0.39, 0.29) is 35.9 Å². The van der Waals surface area contributed by atoms with Gasteiger partial charge in [-0.3, -0.25) is 4.79 Å². The van der Waals surface area contributed by atoms with Crippen LogP contribution >= 0.6 is 22.9 Å². The van der Waals surface area contributed by atoms with E-state index in [1.165, 1.54) is 11.3 Å². The van der Waals surface area contributed by atoms with E-state index in [9.17, 15) is 9.18 Å². The van der Waals surface area contributed by atoms with Gasteiger partial charge in [-0.2, -0.15) is 0 Å². The van der Waals surface area contributed by atoms with Gasteiger partial charge in [0.2, 0.25) is 0 Å². The van der Waals surface area contributed by atoms with Gasteiger partial charge < -0.3 is 21.1 Å². The Balaban J connectivity index is 1.79. The number of nitrogens with two attached hydrogens (primary N) is 1. The molecule has 1 amide bonds. The van der Waals surface area contributed by atoms with Crippen LogP contribution in [0.15, 0.2) is 12.1 Å². The number of aromatic nitrogens is 1. The van der Waals surface area contributed by atoms with Crippen molar-refractivity contribution in [3.05, 3.63) is 33.4 Å². The lowest BCUT2D eigenvalue weighted by molar-refractivity contribution is 0.0751. The van der Waals surface area contributed by atoms with Gasteiger partial charge in [-0.25, -0.2) is 9.37 Å². The fourth-order valence-corrected chi connectivity index (χ4v) is 4.15. The molecule has 1 fully saturated rings. The Hall–Kier alpha value is -1.74. The second kappa shape index (κ2) is 6.53. The molecule has 4 N–H and O–H groups in total. The smallest absolute Gasteiger partial charge is 0.254 e. The molecule has 9 heteroatoms. The van der Waals surface area contributed by atoms with Gasteiger partial charge >= 0.3 is 0 Å². The molecular formula is C16H16ClFN4O2S. The van der Waals surface area contributed by atoms with Gasteiger partial charge in [-0.15, -0.1) is 11.3 Å². The highest BCUT2D eigenvalue weighted by Crippen LogP contribution is 2.37. The van der Waals surface area contributed by atoms with Crippen molar-refractivity contribution in [3.8, 4) is 10.6 Å². The predicted molar refractivity (Wildman–Crippen MR) is 94.5 cm³/mol. The molecule has 2 atom stereocenters. The minimum Gasteiger partial charge on any atom is -0.380 e. The zero-order chi connectivity index (χ0) is 17.6. The molecule has 2 aromatic heterocycles. The van der Waals surface area contributed by atoms with Crippen molar-refractivity contribution in [1.82, 2.24) is 10.3 Å². The van der Waals surface area contributed by atoms with Crippen molar-refractivity contribution in [2.24, 2.45) is 5.73 Å². The maximum absolute atomic E-state index is 14.9. The standard InChI is InChI=1S/C16H16ClFN4O2S/c17-11-2-1-10(25-11)14-12-7(5-20-16(12)23)13(18)15(22-14)21-9-3-4-24-6-8(9)19/h1-2,8-9H,3-6,19H2,(H,20,23)(H,21,22)/t8?,9-/m1/s1. The summed E-state index contributed by atoms with van der Waals surface area (Å²) in [6, 6.07) is 3.12. The Morgan fingerprint density at radius 1 is 1.48 bits per heavy atom. The maximum Gasteiger partial charge on any atom is 0.254 e. The number of nitrogens with one attached hydrogen (secondary N) is 2. The van der Waals surface area contributed by atoms with Gasteiger partial charge in [-0.1, -0.05) is 11.6 Å². The molecule has 1 unspecified atom stereocenters. The van der Waals surface area contributed by atoms with Crippen LogP contribution in [0.1, 0.15) is 22.3 Å². The quantitative estimate of drug-likeness (QED) is 0.758. The van der Waals surface area contributed by atoms with Crippen LogP contribution in [0.25, 0.3) is 10.6 Å². The molecule has 4 rings (SSSR count). The average molecular weight is 383 g/mol. The van der Waals surface area contributed by atoms with Gasteiger partial charge in [0.05, 0.1) is 27.1 Å². The lowest BCUT2D eigenvalue weighted by Crippen LogP contribution is -2.47. The molecule has 0 spiro atoms. The number of carbonyl (C=O) groups excluding carboxylic acids is 1. The van der Waals surface area contributed by atoms with Crippen molar-refractivity contribution in [2.75, 3.05) is 18.5 Å². The second-order valence-electron chi connectivity index (χ2n) is 6.04. The molecule has 25 heavy (non-hydrogen) atoms. The number of anilines is 1. The second-order valence-corrected chi connectivity index (χ2v) is 7.76. The monoisotopic (exact) mass is 382 g/mol. The van der Waals surface area contributed by atoms with Gasteiger partial charge in [-0.05, 0) is 18.6 Å². The molecule has 132 valence electrons. The van der Waals surface area contributed by atoms with E-state index >= 15 is 0 Å². The number of carbonyl (C=O) groups is 1. The van der Waals surface area contributed by atoms with E-state index in [4.69, 9.17) is 22.1 Å². The first kappa shape index (κ1) is 16.7. The number of thiophene rings is 1. The first-order valence-corrected chi connectivity index (χ1v) is 9.10. The Morgan fingerprint density at radius 2 is 2.32 bits per heavy atom. The zero-order valence-electron chi connectivity index (χ0n) is 13.1. The maximum atomic E-state index is 14.9. The Labute approximate surface area is 152 Å². The Bertz CT molecular complexity index is 844. The molecular weight excluding hydrogens is 367 g/mol. The summed E-state index contributed by atoms with van der Waals surface area (Å²) in [5, 5.41) is 5.76. The van der Waals surface area contributed by atoms with Crippen molar-refractivity contribution in [1.29, 1.82) is 0 Å². The molecule has 0 aromatic carbocycles. The first-order valence-electron chi connectivity index (χ1n) is 7.90. The third-order valence-electron chi connectivity index (χ3n) is 4.42. The zero-order valence-corrected chi connectivity index (χ0v) is 14.7. The summed E-state index contributed by atoms with van der Waals surface area (Å²) in [5.41, 5.74) is 7.08. The van der Waals surface area contributed by atoms with Gasteiger partial charge in [0.15, 0.2) is 11.6 Å². The molecule has 6 nitrogen and oxygen atoms in total. The van der Waals surface area contributed by atoms with Gasteiger partial charge in [0.1, 0.15) is 0 Å². The van der Waals surface area contributed by atoms with Crippen LogP contribution in [0, 0.1) is 5.82 Å². The van der Waals surface area contributed by atoms with E-state index in [1.54, 1.807) is 12.1 Å². The summed E-state index contributed by atoms with van der Waals surface area (Å²) in [6.45, 7) is 1.12. The number of halogens is 2. The van der Waals surface area contributed by atoms with Gasteiger partial charge in [0, 0.05) is 30.8 Å². The highest BCUT2D eigenvalue weighted by Gasteiger charge is 2.32. The van der Waals surface area contributed by atoms with Gasteiger partial charge in [0.25, 0.3) is 5.91 Å². The number of hydrogen-bond donors (Lipinski definition) is 3. The molecule has 0 aliphatic carbocycles. The molecule has 2 aromatic rings. The minimum atomic E-state index is -0.515. The highest BCUT2D eigenvalue weighted by atomic mass is 35.5. The highest BCUT2D eigenvalue weighted by molar-refractivity contribution is 7.19. The number of pyridine rings is 1. The topological polar surface area (TPSA) is 89.3 Å². The summed E-state index contributed by atoms with van der Waals surface area (Å²) < 4.78 is 20.8. The van der Waals surface area contributed by atoms with Crippen molar-refractivity contribution in [2.45, 2.75) is 25.0 Å². The summed E-state index contributed by atoms with van der Waals surface area (Å²) in [6.07, 6.45) is 0.663. The number of nitrogens with zero attached hydrogens (tertiary/aromatic N) is 1. The van der Waals surface area contributed by atoms with Crippen molar-refractivity contribution in [3.63, 3.8) is 0 Å². The lowest BCUT2D eigenvalue weighted by atomic mass is 10.0. The molecule has 0 bridgehead atoms. The van der Waals surface area contributed by atoms with Crippen LogP contribution in [0.2, 0.25) is 4.34 Å². The molecule has 1 saturated heterocycles. The minimum absolute atomic E-state index is 0.108. The molecule has 0 saturated carbocycles. The van der Waals surface area contributed by atoms with E-state index in [0.29, 0.717) is 35.2 Å². The van der Waals surface area contributed by atoms with E-state index in [2.05, 4.69) is 15.6 Å². The fraction of sp³-hybridized carbons (Fsp3) is 0.375. The Morgan fingerprint density at radius 3 is 3.04 bits per heavy atom. The Kier molecular flexibility index (Phi) is 4.36. The van der Waals surface area contributed by atoms with Crippen molar-refractivity contribution < 1.29 is 13.9 Å². The lowest BCUT2D eigenvalue weighted by Gasteiger charge is -2.30. The van der Waals surface area contributed by atoms with Crippen LogP contribution in [0.5, 0.6) is 0 Å². The number of rotatable bonds is 3. The third kappa shape index (κ3) is 2.99.